The number of carbonyl (C=O) groups excluding carboxylic acids is 1. The number of aryl methyl sites for hydroxylation is 2. The van der Waals surface area contributed by atoms with Gasteiger partial charge in [-0.3, -0.25) is 0 Å². The Labute approximate surface area is 217 Å². The van der Waals surface area contributed by atoms with Crippen LogP contribution in [0.4, 0.5) is 19.4 Å². The summed E-state index contributed by atoms with van der Waals surface area (Å²) in [6.07, 6.45) is 3.31. The molecule has 1 aromatic rings. The van der Waals surface area contributed by atoms with Crippen LogP contribution in [0.3, 0.4) is 0 Å². The molecule has 3 N–H and O–H groups in total. The van der Waals surface area contributed by atoms with Crippen LogP contribution in [-0.2, 0) is 22.4 Å². The van der Waals surface area contributed by atoms with E-state index in [1.54, 1.807) is 4.90 Å². The van der Waals surface area contributed by atoms with E-state index in [9.17, 15) is 23.5 Å². The Morgan fingerprint density at radius 1 is 1.24 bits per heavy atom. The standard InChI is InChI=1S/C26H41F2N5O4/c1-18-16-19(2)33(18)26(36)31-22(25(34)35)10-13-32(14-15-37-17-23(27)28)12-4-3-7-21-9-8-20-6-5-11-29-24(20)30-21/h8-9,18-19,22-23H,3-7,10-17H2,1-2H3,(H,29,30)(H,31,36)(H,34,35)/t18-,19-,22+/m1/s1. The van der Waals surface area contributed by atoms with E-state index in [4.69, 9.17) is 9.72 Å². The lowest BCUT2D eigenvalue weighted by Gasteiger charge is -2.45. The normalized spacial score (nSPS) is 19.8. The molecule has 0 spiro atoms. The molecule has 2 aliphatic rings. The van der Waals surface area contributed by atoms with Gasteiger partial charge in [-0.25, -0.2) is 23.4 Å². The van der Waals surface area contributed by atoms with Crippen LogP contribution in [0.25, 0.3) is 0 Å². The second kappa shape index (κ2) is 14.4. The molecule has 0 radical (unpaired) electrons. The number of aliphatic carboxylic acids is 1. The highest BCUT2D eigenvalue weighted by molar-refractivity contribution is 5.83. The van der Waals surface area contributed by atoms with E-state index in [1.165, 1.54) is 5.56 Å². The summed E-state index contributed by atoms with van der Waals surface area (Å²) in [6.45, 7) is 5.82. The zero-order valence-corrected chi connectivity index (χ0v) is 21.9. The average molecular weight is 526 g/mol. The molecule has 11 heteroatoms. The summed E-state index contributed by atoms with van der Waals surface area (Å²) in [7, 11) is 0. The molecule has 0 bridgehead atoms. The molecule has 0 aliphatic carbocycles. The highest BCUT2D eigenvalue weighted by Crippen LogP contribution is 2.25. The number of carboxylic acids is 1. The number of alkyl halides is 2. The highest BCUT2D eigenvalue weighted by Gasteiger charge is 2.37. The molecule has 1 saturated heterocycles. The van der Waals surface area contributed by atoms with Gasteiger partial charge in [-0.05, 0) is 77.0 Å². The number of pyridine rings is 1. The number of likely N-dealkylation sites (tertiary alicyclic amines) is 1. The topological polar surface area (TPSA) is 107 Å². The molecule has 0 unspecified atom stereocenters. The number of nitrogens with zero attached hydrogens (tertiary/aromatic N) is 3. The number of hydrogen-bond acceptors (Lipinski definition) is 6. The van der Waals surface area contributed by atoms with Crippen molar-refractivity contribution in [2.75, 3.05) is 44.7 Å². The average Bonchev–Trinajstić information content (AvgIpc) is 2.85. The predicted octanol–water partition coefficient (Wildman–Crippen LogP) is 3.38. The van der Waals surface area contributed by atoms with E-state index in [1.807, 2.05) is 18.7 Å². The van der Waals surface area contributed by atoms with E-state index >= 15 is 0 Å². The maximum absolute atomic E-state index is 12.6. The van der Waals surface area contributed by atoms with Gasteiger partial charge in [0.05, 0.1) is 6.61 Å². The van der Waals surface area contributed by atoms with Crippen LogP contribution in [0.15, 0.2) is 12.1 Å². The number of anilines is 1. The molecule has 2 amide bonds. The summed E-state index contributed by atoms with van der Waals surface area (Å²) in [4.78, 5) is 32.8. The maximum atomic E-state index is 12.6. The lowest BCUT2D eigenvalue weighted by atomic mass is 9.96. The molecule has 1 fully saturated rings. The minimum atomic E-state index is -2.52. The molecular formula is C26H41F2N5O4. The lowest BCUT2D eigenvalue weighted by molar-refractivity contribution is -0.139. The first-order valence-corrected chi connectivity index (χ1v) is 13.4. The molecule has 2 aliphatic heterocycles. The Hall–Kier alpha value is -2.53. The van der Waals surface area contributed by atoms with Crippen molar-refractivity contribution in [2.24, 2.45) is 0 Å². The minimum absolute atomic E-state index is 0.0910. The highest BCUT2D eigenvalue weighted by atomic mass is 19.3. The van der Waals surface area contributed by atoms with Crippen LogP contribution < -0.4 is 10.6 Å². The smallest absolute Gasteiger partial charge is 0.326 e. The molecule has 3 heterocycles. The minimum Gasteiger partial charge on any atom is -0.480 e. The summed E-state index contributed by atoms with van der Waals surface area (Å²) in [6, 6.07) is 3.00. The number of carboxylic acid groups (broad SMARTS) is 1. The maximum Gasteiger partial charge on any atom is 0.326 e. The van der Waals surface area contributed by atoms with Crippen molar-refractivity contribution < 1.29 is 28.2 Å². The molecule has 208 valence electrons. The molecule has 37 heavy (non-hydrogen) atoms. The Kier molecular flexibility index (Phi) is 11.3. The summed E-state index contributed by atoms with van der Waals surface area (Å²) in [5.74, 6) is -0.111. The number of fused-ring (bicyclic) bond motifs is 1. The second-order valence-electron chi connectivity index (χ2n) is 10.1. The van der Waals surface area contributed by atoms with Crippen LogP contribution in [0.1, 0.15) is 57.2 Å². The molecule has 0 aromatic carbocycles. The largest absolute Gasteiger partial charge is 0.480 e. The van der Waals surface area contributed by atoms with Gasteiger partial charge in [0.1, 0.15) is 18.5 Å². The summed E-state index contributed by atoms with van der Waals surface area (Å²) >= 11 is 0. The fourth-order valence-corrected chi connectivity index (χ4v) is 5.06. The molecule has 1 aromatic heterocycles. The molecular weight excluding hydrogens is 484 g/mol. The first-order chi connectivity index (χ1) is 17.7. The van der Waals surface area contributed by atoms with E-state index in [0.717, 1.165) is 56.6 Å². The second-order valence-corrected chi connectivity index (χ2v) is 10.1. The van der Waals surface area contributed by atoms with Crippen LogP contribution in [0, 0.1) is 0 Å². The fourth-order valence-electron chi connectivity index (χ4n) is 5.06. The molecule has 0 saturated carbocycles. The molecule has 9 nitrogen and oxygen atoms in total. The van der Waals surface area contributed by atoms with E-state index in [2.05, 4.69) is 22.8 Å². The van der Waals surface area contributed by atoms with Gasteiger partial charge in [-0.15, -0.1) is 0 Å². The van der Waals surface area contributed by atoms with Crippen LogP contribution >= 0.6 is 0 Å². The Morgan fingerprint density at radius 2 is 2.03 bits per heavy atom. The number of nitrogens with one attached hydrogen (secondary N) is 2. The Bertz CT molecular complexity index is 883. The van der Waals surface area contributed by atoms with Gasteiger partial charge in [0.15, 0.2) is 0 Å². The van der Waals surface area contributed by atoms with E-state index in [-0.39, 0.29) is 31.1 Å². The number of amides is 2. The van der Waals surface area contributed by atoms with Crippen molar-refractivity contribution in [3.05, 3.63) is 23.4 Å². The molecule has 3 rings (SSSR count). The van der Waals surface area contributed by atoms with Gasteiger partial charge in [0, 0.05) is 37.4 Å². The number of aromatic nitrogens is 1. The third-order valence-corrected chi connectivity index (χ3v) is 7.10. The van der Waals surface area contributed by atoms with Crippen molar-refractivity contribution in [1.29, 1.82) is 0 Å². The number of urea groups is 1. The third kappa shape index (κ3) is 9.07. The first-order valence-electron chi connectivity index (χ1n) is 13.4. The summed E-state index contributed by atoms with van der Waals surface area (Å²) < 4.78 is 29.9. The van der Waals surface area contributed by atoms with Gasteiger partial charge < -0.3 is 30.3 Å². The van der Waals surface area contributed by atoms with Crippen molar-refractivity contribution in [3.63, 3.8) is 0 Å². The van der Waals surface area contributed by atoms with Crippen molar-refractivity contribution in [2.45, 2.75) is 83.3 Å². The number of halogens is 2. The monoisotopic (exact) mass is 525 g/mol. The fraction of sp³-hybridized carbons (Fsp3) is 0.731. The van der Waals surface area contributed by atoms with Crippen LogP contribution in [0.5, 0.6) is 0 Å². The van der Waals surface area contributed by atoms with E-state index < -0.39 is 25.0 Å². The number of carbonyl (C=O) groups is 2. The van der Waals surface area contributed by atoms with Gasteiger partial charge >= 0.3 is 12.0 Å². The van der Waals surface area contributed by atoms with Crippen molar-refractivity contribution >= 4 is 17.8 Å². The predicted molar refractivity (Wildman–Crippen MR) is 137 cm³/mol. The summed E-state index contributed by atoms with van der Waals surface area (Å²) in [5, 5.41) is 15.7. The Morgan fingerprint density at radius 3 is 2.73 bits per heavy atom. The van der Waals surface area contributed by atoms with Gasteiger partial charge in [-0.1, -0.05) is 6.07 Å². The van der Waals surface area contributed by atoms with Gasteiger partial charge in [0.25, 0.3) is 6.43 Å². The zero-order valence-electron chi connectivity index (χ0n) is 21.9. The molecule has 3 atom stereocenters. The quantitative estimate of drug-likeness (QED) is 0.302. The first kappa shape index (κ1) is 29.0. The van der Waals surface area contributed by atoms with E-state index in [0.29, 0.717) is 19.6 Å². The van der Waals surface area contributed by atoms with Gasteiger partial charge in [0.2, 0.25) is 0 Å². The van der Waals surface area contributed by atoms with Gasteiger partial charge in [-0.2, -0.15) is 0 Å². The van der Waals surface area contributed by atoms with Crippen molar-refractivity contribution in [3.8, 4) is 0 Å². The lowest BCUT2D eigenvalue weighted by Crippen LogP contribution is -2.61. The SMILES string of the molecule is C[C@@H]1C[C@@H](C)N1C(=O)N[C@@H](CCN(CCCCc1ccc2c(n1)NCCC2)CCOCC(F)F)C(=O)O. The number of rotatable bonds is 15. The number of ether oxygens (including phenoxy) is 1. The number of unbranched alkanes of at least 4 members (excludes halogenated alkanes) is 1. The van der Waals surface area contributed by atoms with Crippen LogP contribution in [0.2, 0.25) is 0 Å². The zero-order chi connectivity index (χ0) is 26.8. The Balaban J connectivity index is 1.47. The van der Waals surface area contributed by atoms with Crippen molar-refractivity contribution in [1.82, 2.24) is 20.1 Å². The summed E-state index contributed by atoms with van der Waals surface area (Å²) in [5.41, 5.74) is 2.28. The third-order valence-electron chi connectivity index (χ3n) is 7.10. The van der Waals surface area contributed by atoms with Crippen LogP contribution in [-0.4, -0.2) is 95.8 Å². The number of hydrogen-bond donors (Lipinski definition) is 3.